The third kappa shape index (κ3) is 3.25. The summed E-state index contributed by atoms with van der Waals surface area (Å²) in [6.07, 6.45) is 11.4. The summed E-state index contributed by atoms with van der Waals surface area (Å²) in [5.74, 6) is 3.77. The lowest BCUT2D eigenvalue weighted by atomic mass is 9.41. The molecular weight excluding hydrogens is 360 g/mol. The van der Waals surface area contributed by atoms with E-state index in [2.05, 4.69) is 27.7 Å². The standard InChI is InChI=1S/C26H44O3/c1-5-18-22-15-17(28)10-12-26(22,4)21-11-13-25(3)19(16(2)7-6-14-27)8-9-20(25)23(21)24(18)29/h14,16-24,28-29H,5-13,15H2,1-4H3/t16-,17-,18-,19-,20+,21+,22?,23?,24-,25-,26+/m1/s1. The van der Waals surface area contributed by atoms with Crippen molar-refractivity contribution in [3.63, 3.8) is 0 Å². The Morgan fingerprint density at radius 3 is 2.38 bits per heavy atom. The highest BCUT2D eigenvalue weighted by molar-refractivity contribution is 5.49. The summed E-state index contributed by atoms with van der Waals surface area (Å²) in [5.41, 5.74) is 0.604. The van der Waals surface area contributed by atoms with Crippen LogP contribution in [0.2, 0.25) is 0 Å². The molecule has 4 saturated carbocycles. The molecule has 0 aromatic rings. The van der Waals surface area contributed by atoms with Crippen molar-refractivity contribution in [3.05, 3.63) is 0 Å². The SMILES string of the molecule is CC[C@@H]1C2C[C@H](O)CC[C@@]2(C)[C@H]2CC[C@]3(C)[C@@H]([C@H](C)CCC=O)CC[C@H]3C2[C@@H]1O. The highest BCUT2D eigenvalue weighted by atomic mass is 16.3. The van der Waals surface area contributed by atoms with Gasteiger partial charge in [0.05, 0.1) is 12.2 Å². The zero-order chi connectivity index (χ0) is 21.0. The molecule has 2 N–H and O–H groups in total. The first-order valence-electron chi connectivity index (χ1n) is 12.6. The van der Waals surface area contributed by atoms with Crippen molar-refractivity contribution in [2.45, 2.75) is 104 Å². The van der Waals surface area contributed by atoms with E-state index >= 15 is 0 Å². The van der Waals surface area contributed by atoms with Gasteiger partial charge in [-0.25, -0.2) is 0 Å². The number of hydrogen-bond donors (Lipinski definition) is 2. The fourth-order valence-corrected chi connectivity index (χ4v) is 9.46. The Hall–Kier alpha value is -0.410. The number of carbonyl (C=O) groups is 1. The predicted octanol–water partition coefficient (Wildman–Crippen LogP) is 5.23. The van der Waals surface area contributed by atoms with Gasteiger partial charge in [-0.15, -0.1) is 0 Å². The zero-order valence-electron chi connectivity index (χ0n) is 19.1. The smallest absolute Gasteiger partial charge is 0.120 e. The Bertz CT molecular complexity index is 605. The van der Waals surface area contributed by atoms with Crippen LogP contribution in [0.3, 0.4) is 0 Å². The van der Waals surface area contributed by atoms with Crippen molar-refractivity contribution in [2.75, 3.05) is 0 Å². The molecule has 4 aliphatic carbocycles. The summed E-state index contributed by atoms with van der Waals surface area (Å²) in [6, 6.07) is 0. The Balaban J connectivity index is 1.64. The molecule has 0 bridgehead atoms. The molecule has 4 fully saturated rings. The van der Waals surface area contributed by atoms with Crippen molar-refractivity contribution < 1.29 is 15.0 Å². The van der Waals surface area contributed by atoms with Gasteiger partial charge < -0.3 is 15.0 Å². The Kier molecular flexibility index (Phi) is 5.97. The van der Waals surface area contributed by atoms with Gasteiger partial charge in [0.25, 0.3) is 0 Å². The third-order valence-corrected chi connectivity index (χ3v) is 10.9. The number of aliphatic hydroxyl groups excluding tert-OH is 2. The second-order valence-corrected chi connectivity index (χ2v) is 11.8. The average Bonchev–Trinajstić information content (AvgIpc) is 3.05. The van der Waals surface area contributed by atoms with Crippen LogP contribution in [0.5, 0.6) is 0 Å². The number of carbonyl (C=O) groups excluding carboxylic acids is 1. The van der Waals surface area contributed by atoms with Crippen molar-refractivity contribution in [1.29, 1.82) is 0 Å². The summed E-state index contributed by atoms with van der Waals surface area (Å²) >= 11 is 0. The van der Waals surface area contributed by atoms with E-state index in [1.54, 1.807) is 0 Å². The molecule has 0 aliphatic heterocycles. The van der Waals surface area contributed by atoms with Crippen LogP contribution >= 0.6 is 0 Å². The van der Waals surface area contributed by atoms with Crippen molar-refractivity contribution in [1.82, 2.24) is 0 Å². The van der Waals surface area contributed by atoms with E-state index in [-0.39, 0.29) is 17.6 Å². The fourth-order valence-electron chi connectivity index (χ4n) is 9.46. The van der Waals surface area contributed by atoms with E-state index < -0.39 is 0 Å². The van der Waals surface area contributed by atoms with Crippen LogP contribution in [0, 0.1) is 52.3 Å². The first-order chi connectivity index (χ1) is 13.8. The number of aliphatic hydroxyl groups is 2. The van der Waals surface area contributed by atoms with Gasteiger partial charge in [0, 0.05) is 6.42 Å². The van der Waals surface area contributed by atoms with Crippen LogP contribution in [0.1, 0.15) is 91.9 Å². The van der Waals surface area contributed by atoms with E-state index in [1.807, 2.05) is 0 Å². The first kappa shape index (κ1) is 21.8. The van der Waals surface area contributed by atoms with E-state index in [4.69, 9.17) is 0 Å². The molecule has 11 atom stereocenters. The van der Waals surface area contributed by atoms with Crippen LogP contribution < -0.4 is 0 Å². The lowest BCUT2D eigenvalue weighted by Crippen LogP contribution is -2.62. The number of fused-ring (bicyclic) bond motifs is 5. The van der Waals surface area contributed by atoms with Crippen LogP contribution in [0.4, 0.5) is 0 Å². The van der Waals surface area contributed by atoms with Gasteiger partial charge in [-0.05, 0) is 104 Å². The lowest BCUT2D eigenvalue weighted by molar-refractivity contribution is -0.203. The quantitative estimate of drug-likeness (QED) is 0.617. The summed E-state index contributed by atoms with van der Waals surface area (Å²) in [5, 5.41) is 22.1. The zero-order valence-corrected chi connectivity index (χ0v) is 19.1. The lowest BCUT2D eigenvalue weighted by Gasteiger charge is -2.64. The minimum absolute atomic E-state index is 0.172. The van der Waals surface area contributed by atoms with Crippen LogP contribution in [-0.2, 0) is 4.79 Å². The second kappa shape index (κ2) is 7.93. The van der Waals surface area contributed by atoms with E-state index in [9.17, 15) is 15.0 Å². The summed E-state index contributed by atoms with van der Waals surface area (Å²) in [7, 11) is 0. The molecule has 0 amide bonds. The maximum absolute atomic E-state index is 11.7. The van der Waals surface area contributed by atoms with Crippen molar-refractivity contribution in [2.24, 2.45) is 52.3 Å². The van der Waals surface area contributed by atoms with E-state index in [0.717, 1.165) is 38.4 Å². The average molecular weight is 405 g/mol. The van der Waals surface area contributed by atoms with Gasteiger partial charge in [0.15, 0.2) is 0 Å². The maximum Gasteiger partial charge on any atom is 0.120 e. The van der Waals surface area contributed by atoms with Crippen LogP contribution in [-0.4, -0.2) is 28.7 Å². The highest BCUT2D eigenvalue weighted by Gasteiger charge is 2.64. The highest BCUT2D eigenvalue weighted by Crippen LogP contribution is 2.69. The summed E-state index contributed by atoms with van der Waals surface area (Å²) in [6.45, 7) is 9.64. The molecule has 0 aromatic carbocycles. The molecule has 0 heterocycles. The van der Waals surface area contributed by atoms with E-state index in [0.29, 0.717) is 53.3 Å². The second-order valence-electron chi connectivity index (χ2n) is 11.8. The minimum Gasteiger partial charge on any atom is -0.393 e. The van der Waals surface area contributed by atoms with Gasteiger partial charge in [-0.1, -0.05) is 34.1 Å². The molecule has 2 unspecified atom stereocenters. The molecule has 29 heavy (non-hydrogen) atoms. The first-order valence-corrected chi connectivity index (χ1v) is 12.6. The molecular formula is C26H44O3. The molecule has 4 rings (SSSR count). The van der Waals surface area contributed by atoms with Gasteiger partial charge in [0.1, 0.15) is 6.29 Å². The Morgan fingerprint density at radius 2 is 1.69 bits per heavy atom. The number of rotatable bonds is 5. The molecule has 0 aromatic heterocycles. The maximum atomic E-state index is 11.7. The molecule has 0 spiro atoms. The molecule has 3 nitrogen and oxygen atoms in total. The van der Waals surface area contributed by atoms with Crippen molar-refractivity contribution >= 4 is 6.29 Å². The Labute approximate surface area is 178 Å². The number of aldehydes is 1. The molecule has 166 valence electrons. The minimum atomic E-state index is -0.206. The fraction of sp³-hybridized carbons (Fsp3) is 0.962. The monoisotopic (exact) mass is 404 g/mol. The predicted molar refractivity (Wildman–Crippen MR) is 116 cm³/mol. The Morgan fingerprint density at radius 1 is 1.00 bits per heavy atom. The third-order valence-electron chi connectivity index (χ3n) is 10.9. The van der Waals surface area contributed by atoms with E-state index in [1.165, 1.54) is 25.7 Å². The molecule has 0 saturated heterocycles. The van der Waals surface area contributed by atoms with Gasteiger partial charge in [0.2, 0.25) is 0 Å². The molecule has 3 heteroatoms. The molecule has 4 aliphatic rings. The van der Waals surface area contributed by atoms with Crippen LogP contribution in [0.15, 0.2) is 0 Å². The number of hydrogen-bond acceptors (Lipinski definition) is 3. The van der Waals surface area contributed by atoms with Crippen LogP contribution in [0.25, 0.3) is 0 Å². The normalized spacial score (nSPS) is 52.9. The summed E-state index contributed by atoms with van der Waals surface area (Å²) in [4.78, 5) is 10.9. The van der Waals surface area contributed by atoms with Gasteiger partial charge >= 0.3 is 0 Å². The van der Waals surface area contributed by atoms with Gasteiger partial charge in [-0.2, -0.15) is 0 Å². The van der Waals surface area contributed by atoms with Crippen molar-refractivity contribution in [3.8, 4) is 0 Å². The van der Waals surface area contributed by atoms with Gasteiger partial charge in [-0.3, -0.25) is 0 Å². The molecule has 0 radical (unpaired) electrons. The topological polar surface area (TPSA) is 57.5 Å². The largest absolute Gasteiger partial charge is 0.393 e. The summed E-state index contributed by atoms with van der Waals surface area (Å²) < 4.78 is 0.